The summed E-state index contributed by atoms with van der Waals surface area (Å²) < 4.78 is 31.6. The summed E-state index contributed by atoms with van der Waals surface area (Å²) in [5.74, 6) is 0.364. The summed E-state index contributed by atoms with van der Waals surface area (Å²) >= 11 is 0. The van der Waals surface area contributed by atoms with Crippen LogP contribution in [0, 0.1) is 12.8 Å². The largest absolute Gasteiger partial charge is 0.472 e. The number of halogens is 2. The molecule has 3 aromatic heterocycles. The summed E-state index contributed by atoms with van der Waals surface area (Å²) in [5.41, 5.74) is 1.37. The molecule has 32 heavy (non-hydrogen) atoms. The molecule has 0 spiro atoms. The average molecular weight is 440 g/mol. The minimum atomic E-state index is -2.58. The maximum Gasteiger partial charge on any atom is 0.275 e. The molecule has 0 radical (unpaired) electrons. The number of alkyl halides is 2. The second kappa shape index (κ2) is 7.92. The minimum Gasteiger partial charge on any atom is -0.472 e. The Bertz CT molecular complexity index is 1120. The van der Waals surface area contributed by atoms with Gasteiger partial charge in [-0.3, -0.25) is 4.79 Å². The predicted molar refractivity (Wildman–Crippen MR) is 110 cm³/mol. The third kappa shape index (κ3) is 3.49. The number of carbonyl (C=O) groups is 1. The van der Waals surface area contributed by atoms with Crippen molar-refractivity contribution in [2.75, 3.05) is 0 Å². The first-order valence-electron chi connectivity index (χ1n) is 10.5. The molecule has 2 bridgehead atoms. The number of hydrogen-bond acceptors (Lipinski definition) is 6. The van der Waals surface area contributed by atoms with Crippen molar-refractivity contribution in [2.45, 2.75) is 51.3 Å². The lowest BCUT2D eigenvalue weighted by Gasteiger charge is -2.37. The van der Waals surface area contributed by atoms with Crippen LogP contribution in [0.5, 0.6) is 5.88 Å². The van der Waals surface area contributed by atoms with Crippen LogP contribution >= 0.6 is 0 Å². The number of nitrogens with zero attached hydrogens (tertiary/aromatic N) is 6. The number of amides is 1. The van der Waals surface area contributed by atoms with Gasteiger partial charge < -0.3 is 9.64 Å². The lowest BCUT2D eigenvalue weighted by molar-refractivity contribution is 0.0308. The number of likely N-dealkylation sites (tertiary alicyclic amines) is 1. The maximum absolute atomic E-state index is 13.7. The molecule has 0 aromatic carbocycles. The zero-order valence-electron chi connectivity index (χ0n) is 17.6. The van der Waals surface area contributed by atoms with E-state index in [-0.39, 0.29) is 41.5 Å². The van der Waals surface area contributed by atoms with Gasteiger partial charge in [-0.05, 0) is 50.8 Å². The highest BCUT2D eigenvalue weighted by Gasteiger charge is 2.53. The van der Waals surface area contributed by atoms with E-state index >= 15 is 0 Å². The summed E-state index contributed by atoms with van der Waals surface area (Å²) in [6.45, 7) is 3.87. The second-order valence-electron chi connectivity index (χ2n) is 8.28. The van der Waals surface area contributed by atoms with Crippen LogP contribution in [0.15, 0.2) is 42.9 Å². The quantitative estimate of drug-likeness (QED) is 0.605. The fourth-order valence-corrected chi connectivity index (χ4v) is 4.77. The van der Waals surface area contributed by atoms with E-state index in [1.807, 2.05) is 24.8 Å². The number of hydrogen-bond donors (Lipinski definition) is 0. The van der Waals surface area contributed by atoms with E-state index in [2.05, 4.69) is 20.2 Å². The van der Waals surface area contributed by atoms with Gasteiger partial charge in [-0.15, -0.1) is 4.80 Å². The number of rotatable bonds is 5. The normalized spacial score (nSPS) is 24.3. The van der Waals surface area contributed by atoms with E-state index in [1.165, 1.54) is 16.9 Å². The Kier molecular flexibility index (Phi) is 5.07. The van der Waals surface area contributed by atoms with Crippen LogP contribution in [0.2, 0.25) is 0 Å². The van der Waals surface area contributed by atoms with Gasteiger partial charge in [0.15, 0.2) is 5.69 Å². The zero-order valence-corrected chi connectivity index (χ0v) is 17.6. The van der Waals surface area contributed by atoms with E-state index in [4.69, 9.17) is 4.74 Å². The molecule has 4 heterocycles. The number of fused-ring (bicyclic) bond motifs is 2. The third-order valence-electron chi connectivity index (χ3n) is 6.35. The lowest BCUT2D eigenvalue weighted by Crippen LogP contribution is -2.51. The molecule has 1 aliphatic heterocycles. The van der Waals surface area contributed by atoms with Gasteiger partial charge in [0.25, 0.3) is 12.3 Å². The molecule has 0 N–H and O–H groups in total. The van der Waals surface area contributed by atoms with Gasteiger partial charge in [0, 0.05) is 29.6 Å². The first-order chi connectivity index (χ1) is 15.4. The topological polar surface area (TPSA) is 86.0 Å². The van der Waals surface area contributed by atoms with Crippen molar-refractivity contribution in [3.8, 4) is 11.6 Å². The van der Waals surface area contributed by atoms with Crippen LogP contribution in [0.4, 0.5) is 8.78 Å². The van der Waals surface area contributed by atoms with Gasteiger partial charge in [0.1, 0.15) is 11.8 Å². The Morgan fingerprint density at radius 3 is 2.59 bits per heavy atom. The van der Waals surface area contributed by atoms with Crippen molar-refractivity contribution in [3.63, 3.8) is 0 Å². The summed E-state index contributed by atoms with van der Waals surface area (Å²) in [4.78, 5) is 25.4. The summed E-state index contributed by atoms with van der Waals surface area (Å²) in [6, 6.07) is 6.24. The fraction of sp³-hybridized carbons (Fsp3) is 0.409. The molecule has 8 nitrogen and oxygen atoms in total. The van der Waals surface area contributed by atoms with E-state index in [1.54, 1.807) is 18.5 Å². The SMILES string of the molecule is Cc1ccc(-n2nccn2)c(C(=O)N2[C@H](C)[C@H]3C[C@@H](Oc4ccc(C(F)F)cn4)[C@@H]2C3)n1. The molecule has 1 saturated heterocycles. The summed E-state index contributed by atoms with van der Waals surface area (Å²) in [6.07, 6.45) is 2.97. The van der Waals surface area contributed by atoms with Gasteiger partial charge in [-0.25, -0.2) is 18.7 Å². The van der Waals surface area contributed by atoms with E-state index in [0.29, 0.717) is 11.4 Å². The fourth-order valence-electron chi connectivity index (χ4n) is 4.77. The lowest BCUT2D eigenvalue weighted by atomic mass is 9.98. The average Bonchev–Trinajstić information content (AvgIpc) is 3.51. The van der Waals surface area contributed by atoms with Crippen molar-refractivity contribution in [3.05, 3.63) is 59.8 Å². The van der Waals surface area contributed by atoms with E-state index in [0.717, 1.165) is 24.7 Å². The smallest absolute Gasteiger partial charge is 0.275 e. The van der Waals surface area contributed by atoms with Crippen LogP contribution in [0.3, 0.4) is 0 Å². The van der Waals surface area contributed by atoms with Crippen molar-refractivity contribution >= 4 is 5.91 Å². The standard InChI is InChI=1S/C22H22F2N6O2/c1-12-3-5-16(30-26-7-8-27-30)20(28-12)22(31)29-13(2)15-9-17(29)18(10-15)32-19-6-4-14(11-25-19)21(23)24/h3-8,11,13,15,17-18,21H,9-10H2,1-2H3/t13-,15-,17+,18-/m1/s1. The second-order valence-corrected chi connectivity index (χ2v) is 8.28. The molecule has 0 unspecified atom stereocenters. The van der Waals surface area contributed by atoms with Crippen LogP contribution in [0.25, 0.3) is 5.69 Å². The van der Waals surface area contributed by atoms with Crippen molar-refractivity contribution < 1.29 is 18.3 Å². The summed E-state index contributed by atoms with van der Waals surface area (Å²) in [7, 11) is 0. The Hall–Kier alpha value is -3.43. The van der Waals surface area contributed by atoms with E-state index in [9.17, 15) is 13.6 Å². The predicted octanol–water partition coefficient (Wildman–Crippen LogP) is 3.37. The molecule has 2 fully saturated rings. The molecular formula is C22H22F2N6O2. The Balaban J connectivity index is 1.41. The first kappa shape index (κ1) is 20.5. The third-order valence-corrected chi connectivity index (χ3v) is 6.35. The number of aryl methyl sites for hydroxylation is 1. The highest BCUT2D eigenvalue weighted by molar-refractivity contribution is 5.96. The highest BCUT2D eigenvalue weighted by Crippen LogP contribution is 2.44. The number of aromatic nitrogens is 5. The molecule has 4 atom stereocenters. The van der Waals surface area contributed by atoms with Gasteiger partial charge in [-0.2, -0.15) is 10.2 Å². The molecular weight excluding hydrogens is 418 g/mol. The van der Waals surface area contributed by atoms with Crippen LogP contribution in [-0.2, 0) is 0 Å². The maximum atomic E-state index is 13.7. The van der Waals surface area contributed by atoms with Crippen LogP contribution < -0.4 is 4.74 Å². The van der Waals surface area contributed by atoms with Crippen LogP contribution in [0.1, 0.15) is 47.9 Å². The monoisotopic (exact) mass is 440 g/mol. The Labute approximate surface area is 183 Å². The molecule has 5 rings (SSSR count). The molecule has 2 aliphatic rings. The van der Waals surface area contributed by atoms with Crippen molar-refractivity contribution in [1.29, 1.82) is 0 Å². The molecule has 10 heteroatoms. The molecule has 1 amide bonds. The highest BCUT2D eigenvalue weighted by atomic mass is 19.3. The van der Waals surface area contributed by atoms with Gasteiger partial charge in [0.05, 0.1) is 18.4 Å². The van der Waals surface area contributed by atoms with Gasteiger partial charge in [0.2, 0.25) is 5.88 Å². The molecule has 3 aromatic rings. The number of piperidine rings is 1. The van der Waals surface area contributed by atoms with Gasteiger partial charge in [-0.1, -0.05) is 0 Å². The Morgan fingerprint density at radius 1 is 1.16 bits per heavy atom. The minimum absolute atomic E-state index is 0.0299. The van der Waals surface area contributed by atoms with Gasteiger partial charge >= 0.3 is 0 Å². The Morgan fingerprint density at radius 2 is 1.94 bits per heavy atom. The van der Waals surface area contributed by atoms with Crippen molar-refractivity contribution in [1.82, 2.24) is 29.9 Å². The van der Waals surface area contributed by atoms with E-state index < -0.39 is 6.43 Å². The summed E-state index contributed by atoms with van der Waals surface area (Å²) in [5, 5.41) is 8.30. The number of carbonyl (C=O) groups excluding carboxylic acids is 1. The number of ether oxygens (including phenoxy) is 1. The molecule has 1 saturated carbocycles. The first-order valence-corrected chi connectivity index (χ1v) is 10.5. The molecule has 1 aliphatic carbocycles. The number of pyridine rings is 2. The van der Waals surface area contributed by atoms with Crippen LogP contribution in [-0.4, -0.2) is 54.0 Å². The van der Waals surface area contributed by atoms with Crippen molar-refractivity contribution in [2.24, 2.45) is 5.92 Å². The zero-order chi connectivity index (χ0) is 22.4. The molecule has 166 valence electrons.